The molecule has 0 bridgehead atoms. The summed E-state index contributed by atoms with van der Waals surface area (Å²) in [5.41, 5.74) is -0.908. The number of carbonyl (C=O) groups excluding carboxylic acids is 3. The number of carbonyl (C=O) groups is 3. The minimum absolute atomic E-state index is 0. The molecule has 3 aliphatic rings. The molecule has 24 nitrogen and oxygen atoms in total. The van der Waals surface area contributed by atoms with Gasteiger partial charge < -0.3 is 30.2 Å². The molecule has 3 fully saturated rings. The first kappa shape index (κ1) is 78.1. The van der Waals surface area contributed by atoms with Crippen LogP contribution in [0.5, 0.6) is 0 Å². The Labute approximate surface area is 573 Å². The number of nitrogens with one attached hydrogen (secondary N) is 6. The van der Waals surface area contributed by atoms with Gasteiger partial charge in [-0.2, -0.15) is 52.3 Å². The predicted molar refractivity (Wildman–Crippen MR) is 360 cm³/mol. The van der Waals surface area contributed by atoms with Crippen LogP contribution in [0, 0.1) is 17.5 Å². The number of aromatic nitrogens is 3. The van der Waals surface area contributed by atoms with E-state index in [1.165, 1.54) is 70.4 Å². The van der Waals surface area contributed by atoms with Gasteiger partial charge in [-0.15, -0.1) is 34.0 Å². The molecule has 36 heteroatoms. The lowest BCUT2D eigenvalue weighted by atomic mass is 10.0. The second kappa shape index (κ2) is 33.1. The van der Waals surface area contributed by atoms with Gasteiger partial charge in [0.2, 0.25) is 17.7 Å². The van der Waals surface area contributed by atoms with E-state index in [0.717, 1.165) is 31.1 Å². The largest absolute Gasteiger partial charge is 0.379 e. The molecule has 3 saturated heterocycles. The number of hydrogen-bond donors (Lipinski definition) is 6. The minimum Gasteiger partial charge on any atom is -0.379 e. The number of amides is 3. The minimum atomic E-state index is -3.98. The number of thiazole rings is 3. The highest BCUT2D eigenvalue weighted by atomic mass is 35.5. The fourth-order valence-corrected chi connectivity index (χ4v) is 17.0. The molecule has 0 aliphatic carbocycles. The van der Waals surface area contributed by atoms with Gasteiger partial charge in [0, 0.05) is 92.8 Å². The van der Waals surface area contributed by atoms with Crippen molar-refractivity contribution in [1.82, 2.24) is 42.0 Å². The monoisotopic (exact) mass is 1490 g/mol. The maximum absolute atomic E-state index is 13.5. The van der Waals surface area contributed by atoms with Crippen LogP contribution in [0.2, 0.25) is 15.1 Å². The van der Waals surface area contributed by atoms with Crippen molar-refractivity contribution in [2.24, 2.45) is 0 Å². The Morgan fingerprint density at radius 2 is 0.745 bits per heavy atom. The molecule has 6 heterocycles. The van der Waals surface area contributed by atoms with Crippen molar-refractivity contribution >= 4 is 134 Å². The molecule has 0 saturated carbocycles. The van der Waals surface area contributed by atoms with Gasteiger partial charge in [0.15, 0.2) is 0 Å². The van der Waals surface area contributed by atoms with Crippen molar-refractivity contribution in [3.63, 3.8) is 0 Å². The number of ether oxygens (including phenoxy) is 3. The van der Waals surface area contributed by atoms with Crippen LogP contribution < -0.4 is 30.1 Å². The van der Waals surface area contributed by atoms with Gasteiger partial charge in [0.25, 0.3) is 30.6 Å². The summed E-state index contributed by atoms with van der Waals surface area (Å²) in [5.74, 6) is -3.46. The van der Waals surface area contributed by atoms with E-state index in [9.17, 15) is 52.8 Å². The molecule has 3 aliphatic heterocycles. The summed E-state index contributed by atoms with van der Waals surface area (Å²) in [5, 5.41) is 14.5. The molecular formula is C58H76Cl3F3N12O12S6. The van der Waals surface area contributed by atoms with E-state index in [1.54, 1.807) is 56.1 Å². The Kier molecular flexibility index (Phi) is 27.5. The van der Waals surface area contributed by atoms with Crippen LogP contribution in [-0.4, -0.2) is 147 Å². The maximum Gasteiger partial charge on any atom is 0.280 e. The third kappa shape index (κ3) is 21.1. The number of hydrogen-bond acceptors (Lipinski definition) is 18. The average Bonchev–Trinajstić information content (AvgIpc) is 1.01. The zero-order chi connectivity index (χ0) is 68.4. The molecule has 6 atom stereocenters. The van der Waals surface area contributed by atoms with Crippen LogP contribution in [0.1, 0.15) is 121 Å². The molecule has 0 spiro atoms. The topological polar surface area (TPSA) is 302 Å². The molecular weight excluding hydrogens is 1410 g/mol. The van der Waals surface area contributed by atoms with Crippen LogP contribution in [0.25, 0.3) is 0 Å². The highest BCUT2D eigenvalue weighted by Crippen LogP contribution is 2.36. The summed E-state index contributed by atoms with van der Waals surface area (Å²) < 4.78 is 146. The summed E-state index contributed by atoms with van der Waals surface area (Å²) in [6, 6.07) is 6.42. The van der Waals surface area contributed by atoms with E-state index in [4.69, 9.17) is 49.0 Å². The SMILES string of the molecule is C.COC(C)(C)CCN1C(C(=O)Nc2ccc(F)c(Cl)c2)CC(c2nccs2)NS1(=O)=O.COC(C)(C)CCN1[C@@H](C(=O)Nc2ccc(F)c(Cl)c2)C[C@@H](c2nccs2)NS1(=O)=O.COC(C)(C)CCN1[C@H](C(=O)Nc2ccc(F)c(Cl)c2)C[C@H](c2nccs2)NS1(=O)=O. The smallest absolute Gasteiger partial charge is 0.280 e. The molecule has 3 amide bonds. The molecule has 2 unspecified atom stereocenters. The van der Waals surface area contributed by atoms with Crippen molar-refractivity contribution in [2.75, 3.05) is 56.9 Å². The van der Waals surface area contributed by atoms with Crippen molar-refractivity contribution in [2.45, 2.75) is 141 Å². The lowest BCUT2D eigenvalue weighted by Gasteiger charge is -2.38. The van der Waals surface area contributed by atoms with Crippen LogP contribution in [-0.2, 0) is 59.2 Å². The highest BCUT2D eigenvalue weighted by molar-refractivity contribution is 7.87. The van der Waals surface area contributed by atoms with E-state index < -0.39 is 119 Å². The Bertz CT molecular complexity index is 3500. The number of rotatable bonds is 21. The molecule has 9 rings (SSSR count). The lowest BCUT2D eigenvalue weighted by Crippen LogP contribution is -2.58. The molecule has 3 aromatic heterocycles. The van der Waals surface area contributed by atoms with Gasteiger partial charge in [-0.3, -0.25) is 14.4 Å². The van der Waals surface area contributed by atoms with Gasteiger partial charge in [0.1, 0.15) is 50.6 Å². The summed E-state index contributed by atoms with van der Waals surface area (Å²) in [6.45, 7) is 11.2. The zero-order valence-corrected chi connectivity index (χ0v) is 59.0. The second-order valence-corrected chi connectivity index (χ2v) is 32.2. The lowest BCUT2D eigenvalue weighted by molar-refractivity contribution is -0.121. The van der Waals surface area contributed by atoms with E-state index >= 15 is 0 Å². The van der Waals surface area contributed by atoms with Gasteiger partial charge in [-0.25, -0.2) is 28.1 Å². The number of methoxy groups -OCH3 is 3. The number of nitrogens with zero attached hydrogens (tertiary/aromatic N) is 6. The van der Waals surface area contributed by atoms with Crippen molar-refractivity contribution < 1.29 is 67.0 Å². The second-order valence-electron chi connectivity index (χ2n) is 23.2. The summed E-state index contributed by atoms with van der Waals surface area (Å²) in [7, 11) is -7.31. The Hall–Kier alpha value is -4.89. The number of halogens is 6. The fraction of sp³-hybridized carbons (Fsp3) is 0.483. The summed E-state index contributed by atoms with van der Waals surface area (Å²) in [6.07, 6.45) is 6.41. The Morgan fingerprint density at radius 1 is 0.500 bits per heavy atom. The van der Waals surface area contributed by atoms with E-state index in [2.05, 4.69) is 45.1 Å². The maximum atomic E-state index is 13.5. The van der Waals surface area contributed by atoms with Gasteiger partial charge in [-0.05, 0) is 135 Å². The molecule has 6 N–H and O–H groups in total. The Balaban J connectivity index is 0.000000222. The van der Waals surface area contributed by atoms with Gasteiger partial charge >= 0.3 is 0 Å². The third-order valence-corrected chi connectivity index (χ3v) is 23.8. The first-order chi connectivity index (χ1) is 43.6. The fourth-order valence-electron chi connectivity index (χ4n) is 9.47. The first-order valence-corrected chi connectivity index (χ1v) is 36.6. The average molecular weight is 1490 g/mol. The first-order valence-electron chi connectivity index (χ1n) is 28.6. The zero-order valence-electron chi connectivity index (χ0n) is 51.8. The molecule has 94 heavy (non-hydrogen) atoms. The van der Waals surface area contributed by atoms with Crippen LogP contribution in [0.3, 0.4) is 0 Å². The number of benzene rings is 3. The molecule has 6 aromatic rings. The van der Waals surface area contributed by atoms with Gasteiger partial charge in [0.05, 0.1) is 50.0 Å². The molecule has 3 aromatic carbocycles. The third-order valence-electron chi connectivity index (χ3n) is 15.4. The number of anilines is 3. The Morgan fingerprint density at radius 3 is 0.947 bits per heavy atom. The molecule has 0 radical (unpaired) electrons. The van der Waals surface area contributed by atoms with Crippen molar-refractivity contribution in [3.05, 3.63) is 137 Å². The highest BCUT2D eigenvalue weighted by Gasteiger charge is 2.47. The normalized spacial score (nSPS) is 21.5. The van der Waals surface area contributed by atoms with Crippen LogP contribution in [0.4, 0.5) is 30.2 Å². The standard InChI is InChI=1S/3C19H24ClFN4O4S2.CH4/c3*1-19(2,29-3)6-8-25-16(17(26)23-12-4-5-14(21)13(20)10-12)11-15(24-31(25,27)28)18-22-7-9-30-18;/h3*4-5,7,9-10,15-16,24H,6,8,11H2,1-3H3,(H,23,26);1H4/t2*15-,16+;;/m10../s1. The van der Waals surface area contributed by atoms with E-state index in [0.29, 0.717) is 34.3 Å². The van der Waals surface area contributed by atoms with E-state index in [-0.39, 0.29) is 78.5 Å². The van der Waals surface area contributed by atoms with Crippen LogP contribution >= 0.6 is 68.8 Å². The van der Waals surface area contributed by atoms with Gasteiger partial charge in [-0.1, -0.05) is 42.2 Å². The summed E-state index contributed by atoms with van der Waals surface area (Å²) >= 11 is 21.3. The summed E-state index contributed by atoms with van der Waals surface area (Å²) in [4.78, 5) is 52.0. The van der Waals surface area contributed by atoms with Crippen molar-refractivity contribution in [3.8, 4) is 0 Å². The quantitative estimate of drug-likeness (QED) is 0.0390. The van der Waals surface area contributed by atoms with Crippen LogP contribution in [0.15, 0.2) is 89.3 Å². The van der Waals surface area contributed by atoms with Crippen molar-refractivity contribution in [1.29, 1.82) is 0 Å². The van der Waals surface area contributed by atoms with E-state index in [1.807, 2.05) is 41.5 Å². The predicted octanol–water partition coefficient (Wildman–Crippen LogP) is 10.7. The molecule has 518 valence electrons.